The Labute approximate surface area is 215 Å². The van der Waals surface area contributed by atoms with Gasteiger partial charge in [0.2, 0.25) is 0 Å². The van der Waals surface area contributed by atoms with Crippen LogP contribution in [0, 0.1) is 24.0 Å². The van der Waals surface area contributed by atoms with Gasteiger partial charge in [0.1, 0.15) is 11.5 Å². The molecule has 0 saturated carbocycles. The number of anilines is 1. The third-order valence-corrected chi connectivity index (χ3v) is 7.25. The van der Waals surface area contributed by atoms with Crippen LogP contribution >= 0.6 is 11.3 Å². The Morgan fingerprint density at radius 3 is 2.38 bits per heavy atom. The van der Waals surface area contributed by atoms with Gasteiger partial charge in [0.25, 0.3) is 11.5 Å². The number of carbonyl (C=O) groups is 2. The van der Waals surface area contributed by atoms with E-state index in [1.165, 1.54) is 47.6 Å². The number of aromatic nitrogens is 1. The van der Waals surface area contributed by atoms with E-state index in [4.69, 9.17) is 4.74 Å². The minimum atomic E-state index is -1.04. The summed E-state index contributed by atoms with van der Waals surface area (Å²) in [5, 5.41) is 22.8. The molecule has 1 saturated heterocycles. The summed E-state index contributed by atoms with van der Waals surface area (Å²) in [7, 11) is 1.51. The zero-order valence-corrected chi connectivity index (χ0v) is 20.9. The van der Waals surface area contributed by atoms with Gasteiger partial charge in [-0.05, 0) is 73.0 Å². The van der Waals surface area contributed by atoms with Crippen LogP contribution in [0.25, 0.3) is 16.0 Å². The number of methoxy groups -OCH3 is 1. The van der Waals surface area contributed by atoms with Gasteiger partial charge in [-0.15, -0.1) is 0 Å². The minimum absolute atomic E-state index is 0.129. The standard InChI is InChI=1S/C27H21N3O6S/c1-14-12-15(2)22-20(13-14)37-27(28-22)29-23(16-4-8-18(9-5-16)30(34)35)21(25(32)26(29)33)24(31)17-6-10-19(36-3)11-7-17/h4-13,23,31H,1-3H3/b24-21+/t23-/m1/s1. The Hall–Kier alpha value is -4.57. The van der Waals surface area contributed by atoms with Crippen molar-refractivity contribution in [3.8, 4) is 5.75 Å². The molecule has 1 N–H and O–H groups in total. The van der Waals surface area contributed by atoms with E-state index in [0.717, 1.165) is 15.8 Å². The molecule has 1 aromatic heterocycles. The van der Waals surface area contributed by atoms with Crippen LogP contribution in [0.15, 0.2) is 66.2 Å². The number of amides is 1. The maximum absolute atomic E-state index is 13.4. The average Bonchev–Trinajstić information content (AvgIpc) is 3.42. The first kappa shape index (κ1) is 24.1. The van der Waals surface area contributed by atoms with Crippen LogP contribution in [0.1, 0.15) is 28.3 Å². The fourth-order valence-electron chi connectivity index (χ4n) is 4.49. The van der Waals surface area contributed by atoms with Crippen molar-refractivity contribution < 1.29 is 24.4 Å². The summed E-state index contributed by atoms with van der Waals surface area (Å²) in [6.45, 7) is 3.88. The SMILES string of the molecule is COc1ccc(/C(O)=C2\C(=O)C(=O)N(c3nc4c(C)cc(C)cc4s3)[C@@H]2c2ccc([N+](=O)[O-])cc2)cc1. The van der Waals surface area contributed by atoms with Crippen LogP contribution in [0.5, 0.6) is 5.75 Å². The molecule has 2 heterocycles. The van der Waals surface area contributed by atoms with Crippen LogP contribution in [0.2, 0.25) is 0 Å². The van der Waals surface area contributed by atoms with E-state index in [0.29, 0.717) is 27.5 Å². The Balaban J connectivity index is 1.72. The second-order valence-corrected chi connectivity index (χ2v) is 9.68. The Morgan fingerprint density at radius 2 is 1.76 bits per heavy atom. The summed E-state index contributed by atoms with van der Waals surface area (Å²) in [4.78, 5) is 43.4. The Bertz CT molecular complexity index is 1610. The number of ketones is 1. The monoisotopic (exact) mass is 515 g/mol. The normalized spacial score (nSPS) is 16.9. The fraction of sp³-hybridized carbons (Fsp3) is 0.148. The number of rotatable bonds is 5. The van der Waals surface area contributed by atoms with Gasteiger partial charge in [-0.3, -0.25) is 24.6 Å². The van der Waals surface area contributed by atoms with Crippen LogP contribution in [-0.4, -0.2) is 33.8 Å². The van der Waals surface area contributed by atoms with Gasteiger partial charge in [-0.1, -0.05) is 17.4 Å². The number of Topliss-reactive ketones (excluding diaryl/α,β-unsaturated/α-hetero) is 1. The van der Waals surface area contributed by atoms with Crippen molar-refractivity contribution >= 4 is 49.8 Å². The van der Waals surface area contributed by atoms with E-state index in [1.54, 1.807) is 24.3 Å². The first-order valence-electron chi connectivity index (χ1n) is 11.3. The smallest absolute Gasteiger partial charge is 0.301 e. The van der Waals surface area contributed by atoms with Gasteiger partial charge < -0.3 is 9.84 Å². The minimum Gasteiger partial charge on any atom is -0.507 e. The van der Waals surface area contributed by atoms with E-state index in [2.05, 4.69) is 4.98 Å². The van der Waals surface area contributed by atoms with Gasteiger partial charge in [0.15, 0.2) is 5.13 Å². The molecule has 1 atom stereocenters. The number of carbonyl (C=O) groups excluding carboxylic acids is 2. The summed E-state index contributed by atoms with van der Waals surface area (Å²) in [5.74, 6) is -1.51. The molecule has 10 heteroatoms. The molecule has 37 heavy (non-hydrogen) atoms. The lowest BCUT2D eigenvalue weighted by molar-refractivity contribution is -0.384. The third kappa shape index (κ3) is 4.11. The van der Waals surface area contributed by atoms with Crippen molar-refractivity contribution in [2.24, 2.45) is 0 Å². The molecule has 4 aromatic rings. The lowest BCUT2D eigenvalue weighted by Crippen LogP contribution is -2.29. The van der Waals surface area contributed by atoms with Crippen molar-refractivity contribution in [2.45, 2.75) is 19.9 Å². The molecule has 1 aliphatic rings. The number of nitro groups is 1. The van der Waals surface area contributed by atoms with E-state index in [1.807, 2.05) is 26.0 Å². The second kappa shape index (κ2) is 9.14. The van der Waals surface area contributed by atoms with Gasteiger partial charge in [-0.2, -0.15) is 0 Å². The quantitative estimate of drug-likeness (QED) is 0.123. The Morgan fingerprint density at radius 1 is 1.08 bits per heavy atom. The van der Waals surface area contributed by atoms with Gasteiger partial charge in [0, 0.05) is 17.7 Å². The predicted octanol–water partition coefficient (Wildman–Crippen LogP) is 5.46. The number of nitro benzene ring substituents is 1. The summed E-state index contributed by atoms with van der Waals surface area (Å²) in [5.41, 5.74) is 3.16. The highest BCUT2D eigenvalue weighted by atomic mass is 32.1. The highest BCUT2D eigenvalue weighted by molar-refractivity contribution is 7.22. The number of aryl methyl sites for hydroxylation is 2. The number of ether oxygens (including phenoxy) is 1. The highest BCUT2D eigenvalue weighted by Gasteiger charge is 2.48. The number of nitrogens with zero attached hydrogens (tertiary/aromatic N) is 3. The van der Waals surface area contributed by atoms with E-state index >= 15 is 0 Å². The number of aliphatic hydroxyl groups is 1. The predicted molar refractivity (Wildman–Crippen MR) is 140 cm³/mol. The fourth-order valence-corrected chi connectivity index (χ4v) is 5.66. The number of aliphatic hydroxyl groups excluding tert-OH is 1. The molecule has 0 aliphatic carbocycles. The topological polar surface area (TPSA) is 123 Å². The molecule has 1 fully saturated rings. The lowest BCUT2D eigenvalue weighted by atomic mass is 9.95. The Kier molecular flexibility index (Phi) is 5.96. The molecule has 0 bridgehead atoms. The van der Waals surface area contributed by atoms with Gasteiger partial charge >= 0.3 is 5.91 Å². The second-order valence-electron chi connectivity index (χ2n) is 8.67. The number of benzene rings is 3. The maximum atomic E-state index is 13.4. The third-order valence-electron chi connectivity index (χ3n) is 6.25. The van der Waals surface area contributed by atoms with Crippen LogP contribution in [0.3, 0.4) is 0 Å². The number of fused-ring (bicyclic) bond motifs is 1. The van der Waals surface area contributed by atoms with E-state index < -0.39 is 22.7 Å². The first-order valence-corrected chi connectivity index (χ1v) is 12.1. The van der Waals surface area contributed by atoms with E-state index in [9.17, 15) is 24.8 Å². The van der Waals surface area contributed by atoms with Gasteiger partial charge in [-0.25, -0.2) is 4.98 Å². The molecule has 1 aliphatic heterocycles. The van der Waals surface area contributed by atoms with Crippen molar-refractivity contribution in [1.29, 1.82) is 0 Å². The number of non-ortho nitro benzene ring substituents is 1. The molecule has 1 amide bonds. The number of hydrogen-bond donors (Lipinski definition) is 1. The molecule has 0 unspecified atom stereocenters. The van der Waals surface area contributed by atoms with Crippen LogP contribution in [-0.2, 0) is 9.59 Å². The first-order chi connectivity index (χ1) is 17.7. The lowest BCUT2D eigenvalue weighted by Gasteiger charge is -2.22. The van der Waals surface area contributed by atoms with Crippen LogP contribution in [0.4, 0.5) is 10.8 Å². The molecular weight excluding hydrogens is 494 g/mol. The van der Waals surface area contributed by atoms with Crippen LogP contribution < -0.4 is 9.64 Å². The molecule has 9 nitrogen and oxygen atoms in total. The molecule has 3 aromatic carbocycles. The molecule has 0 spiro atoms. The van der Waals surface area contributed by atoms with Crippen molar-refractivity contribution in [3.05, 3.63) is 98.6 Å². The molecule has 186 valence electrons. The van der Waals surface area contributed by atoms with Gasteiger partial charge in [0.05, 0.1) is 33.9 Å². The zero-order valence-electron chi connectivity index (χ0n) is 20.1. The molecule has 5 rings (SSSR count). The summed E-state index contributed by atoms with van der Waals surface area (Å²) in [6, 6.07) is 14.9. The molecule has 0 radical (unpaired) electrons. The van der Waals surface area contributed by atoms with Crippen molar-refractivity contribution in [2.75, 3.05) is 12.0 Å². The molecular formula is C27H21N3O6S. The highest BCUT2D eigenvalue weighted by Crippen LogP contribution is 2.45. The zero-order chi connectivity index (χ0) is 26.4. The number of hydrogen-bond acceptors (Lipinski definition) is 8. The average molecular weight is 516 g/mol. The number of thiazole rings is 1. The maximum Gasteiger partial charge on any atom is 0.301 e. The summed E-state index contributed by atoms with van der Waals surface area (Å²) >= 11 is 1.26. The summed E-state index contributed by atoms with van der Waals surface area (Å²) in [6.07, 6.45) is 0. The van der Waals surface area contributed by atoms with Crippen molar-refractivity contribution in [1.82, 2.24) is 4.98 Å². The summed E-state index contributed by atoms with van der Waals surface area (Å²) < 4.78 is 6.02. The van der Waals surface area contributed by atoms with E-state index in [-0.39, 0.29) is 17.0 Å². The van der Waals surface area contributed by atoms with Crippen molar-refractivity contribution in [3.63, 3.8) is 0 Å². The largest absolute Gasteiger partial charge is 0.507 e.